The quantitative estimate of drug-likeness (QED) is 0.901. The highest BCUT2D eigenvalue weighted by molar-refractivity contribution is 5.92. The Morgan fingerprint density at radius 3 is 2.27 bits per heavy atom. The number of carbonyl (C=O) groups is 2. The van der Waals surface area contributed by atoms with Crippen LogP contribution >= 0.6 is 0 Å². The van der Waals surface area contributed by atoms with Crippen LogP contribution in [0.3, 0.4) is 0 Å². The Kier molecular flexibility index (Phi) is 5.66. The molecule has 1 aromatic rings. The molecule has 1 unspecified atom stereocenters. The van der Waals surface area contributed by atoms with Crippen LogP contribution in [0.15, 0.2) is 24.3 Å². The van der Waals surface area contributed by atoms with Gasteiger partial charge >= 0.3 is 0 Å². The molecule has 2 saturated heterocycles. The van der Waals surface area contributed by atoms with Crippen molar-refractivity contribution < 1.29 is 14.3 Å². The minimum absolute atomic E-state index is 0.0363. The summed E-state index contributed by atoms with van der Waals surface area (Å²) in [5, 5.41) is 3.02. The van der Waals surface area contributed by atoms with Crippen LogP contribution in [-0.4, -0.2) is 42.5 Å². The summed E-state index contributed by atoms with van der Waals surface area (Å²) in [5.74, 6) is 0.114. The summed E-state index contributed by atoms with van der Waals surface area (Å²) in [6.45, 7) is 8.48. The van der Waals surface area contributed by atoms with Gasteiger partial charge in [0.2, 0.25) is 5.91 Å². The average Bonchev–Trinajstić information content (AvgIpc) is 3.15. The van der Waals surface area contributed by atoms with Crippen molar-refractivity contribution in [2.75, 3.05) is 25.0 Å². The molecule has 1 N–H and O–H groups in total. The van der Waals surface area contributed by atoms with Gasteiger partial charge in [0, 0.05) is 31.3 Å². The van der Waals surface area contributed by atoms with E-state index in [0.29, 0.717) is 32.5 Å². The Labute approximate surface area is 156 Å². The van der Waals surface area contributed by atoms with Crippen molar-refractivity contribution in [3.8, 4) is 0 Å². The van der Waals surface area contributed by atoms with Gasteiger partial charge in [0.15, 0.2) is 0 Å². The summed E-state index contributed by atoms with van der Waals surface area (Å²) in [5.41, 5.74) is 2.18. The van der Waals surface area contributed by atoms with Gasteiger partial charge in [-0.15, -0.1) is 0 Å². The van der Waals surface area contributed by atoms with Crippen molar-refractivity contribution in [2.45, 2.75) is 58.0 Å². The molecule has 0 bridgehead atoms. The van der Waals surface area contributed by atoms with E-state index >= 15 is 0 Å². The Morgan fingerprint density at radius 2 is 1.73 bits per heavy atom. The molecule has 2 amide bonds. The molecular formula is C21H30N2O3. The standard InChI is InChI=1S/C21H30N2O3/c1-21(2,3)16-6-8-17(9-7-16)22-19(24)15-10-12-23(13-11-15)20(25)18-5-4-14-26-18/h6-9,15,18H,4-5,10-14H2,1-3H3,(H,22,24). The number of carbonyl (C=O) groups excluding carboxylic acids is 2. The molecule has 0 radical (unpaired) electrons. The van der Waals surface area contributed by atoms with E-state index in [0.717, 1.165) is 18.5 Å². The molecule has 5 nitrogen and oxygen atoms in total. The van der Waals surface area contributed by atoms with Crippen molar-refractivity contribution in [1.82, 2.24) is 4.90 Å². The molecule has 26 heavy (non-hydrogen) atoms. The summed E-state index contributed by atoms with van der Waals surface area (Å²) in [4.78, 5) is 26.8. The molecule has 3 rings (SSSR count). The maximum Gasteiger partial charge on any atom is 0.251 e. The number of hydrogen-bond donors (Lipinski definition) is 1. The topological polar surface area (TPSA) is 58.6 Å². The van der Waals surface area contributed by atoms with E-state index in [-0.39, 0.29) is 29.3 Å². The first-order valence-corrected chi connectivity index (χ1v) is 9.66. The summed E-state index contributed by atoms with van der Waals surface area (Å²) >= 11 is 0. The number of amides is 2. The maximum absolute atomic E-state index is 12.5. The minimum Gasteiger partial charge on any atom is -0.368 e. The zero-order valence-corrected chi connectivity index (χ0v) is 16.1. The molecule has 0 spiro atoms. The zero-order valence-electron chi connectivity index (χ0n) is 16.1. The number of anilines is 1. The number of benzene rings is 1. The fourth-order valence-electron chi connectivity index (χ4n) is 3.64. The SMILES string of the molecule is CC(C)(C)c1ccc(NC(=O)C2CCN(C(=O)C3CCCO3)CC2)cc1. The molecule has 1 atom stereocenters. The van der Waals surface area contributed by atoms with Crippen LogP contribution < -0.4 is 5.32 Å². The van der Waals surface area contributed by atoms with Crippen LogP contribution in [0, 0.1) is 5.92 Å². The van der Waals surface area contributed by atoms with E-state index in [1.807, 2.05) is 17.0 Å². The lowest BCUT2D eigenvalue weighted by Crippen LogP contribution is -2.45. The molecule has 2 aliphatic rings. The fourth-order valence-corrected chi connectivity index (χ4v) is 3.64. The van der Waals surface area contributed by atoms with Crippen LogP contribution in [-0.2, 0) is 19.7 Å². The van der Waals surface area contributed by atoms with Gasteiger partial charge in [0.25, 0.3) is 5.91 Å². The van der Waals surface area contributed by atoms with Gasteiger partial charge < -0.3 is 15.0 Å². The number of rotatable bonds is 3. The van der Waals surface area contributed by atoms with Crippen molar-refractivity contribution in [1.29, 1.82) is 0 Å². The molecule has 142 valence electrons. The van der Waals surface area contributed by atoms with E-state index < -0.39 is 0 Å². The highest BCUT2D eigenvalue weighted by atomic mass is 16.5. The van der Waals surface area contributed by atoms with Crippen molar-refractivity contribution in [3.05, 3.63) is 29.8 Å². The molecule has 0 aromatic heterocycles. The molecule has 2 fully saturated rings. The number of likely N-dealkylation sites (tertiary alicyclic amines) is 1. The number of hydrogen-bond acceptors (Lipinski definition) is 3. The van der Waals surface area contributed by atoms with Gasteiger partial charge in [-0.25, -0.2) is 0 Å². The second kappa shape index (κ2) is 7.78. The molecule has 1 aromatic carbocycles. The molecular weight excluding hydrogens is 328 g/mol. The van der Waals surface area contributed by atoms with E-state index in [1.165, 1.54) is 5.56 Å². The Hall–Kier alpha value is -1.88. The van der Waals surface area contributed by atoms with Gasteiger partial charge in [0.1, 0.15) is 6.10 Å². The first-order valence-electron chi connectivity index (χ1n) is 9.66. The third-order valence-corrected chi connectivity index (χ3v) is 5.40. The van der Waals surface area contributed by atoms with E-state index in [9.17, 15) is 9.59 Å². The molecule has 0 aliphatic carbocycles. The fraction of sp³-hybridized carbons (Fsp3) is 0.619. The zero-order chi connectivity index (χ0) is 18.7. The lowest BCUT2D eigenvalue weighted by molar-refractivity contribution is -0.143. The van der Waals surface area contributed by atoms with Crippen molar-refractivity contribution >= 4 is 17.5 Å². The van der Waals surface area contributed by atoms with Gasteiger partial charge in [-0.2, -0.15) is 0 Å². The maximum atomic E-state index is 12.5. The van der Waals surface area contributed by atoms with Crippen LogP contribution in [0.4, 0.5) is 5.69 Å². The third-order valence-electron chi connectivity index (χ3n) is 5.40. The number of nitrogens with zero attached hydrogens (tertiary/aromatic N) is 1. The van der Waals surface area contributed by atoms with Gasteiger partial charge in [-0.3, -0.25) is 9.59 Å². The average molecular weight is 358 g/mol. The van der Waals surface area contributed by atoms with Crippen LogP contribution in [0.5, 0.6) is 0 Å². The van der Waals surface area contributed by atoms with Crippen LogP contribution in [0.25, 0.3) is 0 Å². The van der Waals surface area contributed by atoms with Crippen LogP contribution in [0.2, 0.25) is 0 Å². The monoisotopic (exact) mass is 358 g/mol. The molecule has 2 aliphatic heterocycles. The normalized spacial score (nSPS) is 21.7. The highest BCUT2D eigenvalue weighted by Gasteiger charge is 2.32. The summed E-state index contributed by atoms with van der Waals surface area (Å²) in [7, 11) is 0. The predicted molar refractivity (Wildman–Crippen MR) is 102 cm³/mol. The Balaban J connectivity index is 1.50. The Morgan fingerprint density at radius 1 is 1.08 bits per heavy atom. The molecule has 5 heteroatoms. The van der Waals surface area contributed by atoms with Crippen LogP contribution in [0.1, 0.15) is 52.0 Å². The highest BCUT2D eigenvalue weighted by Crippen LogP contribution is 2.25. The van der Waals surface area contributed by atoms with Crippen molar-refractivity contribution in [3.63, 3.8) is 0 Å². The van der Waals surface area contributed by atoms with Gasteiger partial charge in [-0.05, 0) is 48.8 Å². The first kappa shape index (κ1) is 18.9. The summed E-state index contributed by atoms with van der Waals surface area (Å²) < 4.78 is 5.48. The predicted octanol–water partition coefficient (Wildman–Crippen LogP) is 3.34. The van der Waals surface area contributed by atoms with Gasteiger partial charge in [0.05, 0.1) is 0 Å². The number of ether oxygens (including phenoxy) is 1. The van der Waals surface area contributed by atoms with Crippen molar-refractivity contribution in [2.24, 2.45) is 5.92 Å². The molecule has 0 saturated carbocycles. The lowest BCUT2D eigenvalue weighted by atomic mass is 9.87. The third kappa shape index (κ3) is 4.44. The summed E-state index contributed by atoms with van der Waals surface area (Å²) in [6.07, 6.45) is 2.95. The second-order valence-electron chi connectivity index (χ2n) is 8.42. The molecule has 2 heterocycles. The summed E-state index contributed by atoms with van der Waals surface area (Å²) in [6, 6.07) is 8.07. The Bertz CT molecular complexity index is 634. The minimum atomic E-state index is -0.262. The largest absolute Gasteiger partial charge is 0.368 e. The number of nitrogens with one attached hydrogen (secondary N) is 1. The smallest absolute Gasteiger partial charge is 0.251 e. The van der Waals surface area contributed by atoms with E-state index in [1.54, 1.807) is 0 Å². The second-order valence-corrected chi connectivity index (χ2v) is 8.42. The number of piperidine rings is 1. The van der Waals surface area contributed by atoms with E-state index in [2.05, 4.69) is 38.2 Å². The van der Waals surface area contributed by atoms with Gasteiger partial charge in [-0.1, -0.05) is 32.9 Å². The van der Waals surface area contributed by atoms with E-state index in [4.69, 9.17) is 4.74 Å². The lowest BCUT2D eigenvalue weighted by Gasteiger charge is -2.32. The first-order chi connectivity index (χ1) is 12.3.